The lowest BCUT2D eigenvalue weighted by Gasteiger charge is -2.12. The molecule has 1 N–H and O–H groups in total. The van der Waals surface area contributed by atoms with Crippen LogP contribution in [0.2, 0.25) is 0 Å². The van der Waals surface area contributed by atoms with Crippen LogP contribution in [-0.2, 0) is 6.42 Å². The van der Waals surface area contributed by atoms with Crippen molar-refractivity contribution in [3.8, 4) is 0 Å². The van der Waals surface area contributed by atoms with Crippen molar-refractivity contribution in [2.45, 2.75) is 12.5 Å². The minimum absolute atomic E-state index is 0.184. The zero-order chi connectivity index (χ0) is 14.0. The summed E-state index contributed by atoms with van der Waals surface area (Å²) in [6.07, 6.45) is -0.795. The quantitative estimate of drug-likeness (QED) is 0.896. The monoisotopic (exact) mass is 330 g/mol. The molecule has 0 aliphatic carbocycles. The van der Waals surface area contributed by atoms with Crippen LogP contribution in [0, 0.1) is 17.5 Å². The summed E-state index contributed by atoms with van der Waals surface area (Å²) >= 11 is 3.05. The third-order valence-corrected chi connectivity index (χ3v) is 3.35. The number of aliphatic hydroxyl groups is 1. The van der Waals surface area contributed by atoms with E-state index in [0.29, 0.717) is 10.0 Å². The minimum atomic E-state index is -1.00. The van der Waals surface area contributed by atoms with Gasteiger partial charge < -0.3 is 5.11 Å². The van der Waals surface area contributed by atoms with Crippen molar-refractivity contribution in [2.24, 2.45) is 0 Å². The molecule has 0 aliphatic heterocycles. The molecule has 0 spiro atoms. The van der Waals surface area contributed by atoms with Crippen molar-refractivity contribution in [3.05, 3.63) is 69.4 Å². The molecule has 5 heteroatoms. The highest BCUT2D eigenvalue weighted by Crippen LogP contribution is 2.23. The van der Waals surface area contributed by atoms with Gasteiger partial charge in [-0.05, 0) is 51.3 Å². The number of hydrogen-bond donors (Lipinski definition) is 1. The van der Waals surface area contributed by atoms with Crippen LogP contribution in [0.4, 0.5) is 13.2 Å². The standard InChI is InChI=1S/C14H10BrF3O/c15-10-5-8(1-3-11(10)16)6-14(19)9-2-4-12(17)13(18)7-9/h1-5,7,14,19H,6H2. The van der Waals surface area contributed by atoms with E-state index >= 15 is 0 Å². The Hall–Kier alpha value is -1.33. The summed E-state index contributed by atoms with van der Waals surface area (Å²) < 4.78 is 39.2. The summed E-state index contributed by atoms with van der Waals surface area (Å²) in [5.74, 6) is -2.36. The predicted octanol–water partition coefficient (Wildman–Crippen LogP) is 4.14. The second-order valence-corrected chi connectivity index (χ2v) is 5.00. The van der Waals surface area contributed by atoms with Crippen LogP contribution in [0.5, 0.6) is 0 Å². The molecule has 100 valence electrons. The number of halogens is 4. The fourth-order valence-electron chi connectivity index (χ4n) is 1.73. The van der Waals surface area contributed by atoms with Crippen LogP contribution in [0.1, 0.15) is 17.2 Å². The van der Waals surface area contributed by atoms with Crippen LogP contribution in [0.15, 0.2) is 40.9 Å². The Kier molecular flexibility index (Phi) is 4.27. The van der Waals surface area contributed by atoms with E-state index in [1.54, 1.807) is 6.07 Å². The molecule has 0 aromatic heterocycles. The molecular formula is C14H10BrF3O. The minimum Gasteiger partial charge on any atom is -0.388 e. The van der Waals surface area contributed by atoms with Crippen LogP contribution >= 0.6 is 15.9 Å². The van der Waals surface area contributed by atoms with E-state index in [4.69, 9.17) is 0 Å². The second-order valence-electron chi connectivity index (χ2n) is 4.14. The van der Waals surface area contributed by atoms with Gasteiger partial charge in [0.25, 0.3) is 0 Å². The normalized spacial score (nSPS) is 12.5. The molecule has 1 atom stereocenters. The van der Waals surface area contributed by atoms with Crippen molar-refractivity contribution in [1.82, 2.24) is 0 Å². The van der Waals surface area contributed by atoms with Gasteiger partial charge in [0.2, 0.25) is 0 Å². The van der Waals surface area contributed by atoms with Gasteiger partial charge in [0.05, 0.1) is 10.6 Å². The molecule has 0 aliphatic rings. The van der Waals surface area contributed by atoms with Crippen LogP contribution in [0.3, 0.4) is 0 Å². The van der Waals surface area contributed by atoms with Crippen LogP contribution in [0.25, 0.3) is 0 Å². The first-order valence-corrected chi connectivity index (χ1v) is 6.33. The first-order valence-electron chi connectivity index (χ1n) is 5.54. The van der Waals surface area contributed by atoms with E-state index in [0.717, 1.165) is 12.1 Å². The molecule has 0 amide bonds. The summed E-state index contributed by atoms with van der Waals surface area (Å²) in [4.78, 5) is 0. The highest BCUT2D eigenvalue weighted by molar-refractivity contribution is 9.10. The Morgan fingerprint density at radius 1 is 0.947 bits per heavy atom. The zero-order valence-electron chi connectivity index (χ0n) is 9.71. The fourth-order valence-corrected chi connectivity index (χ4v) is 2.15. The van der Waals surface area contributed by atoms with Crippen LogP contribution in [-0.4, -0.2) is 5.11 Å². The fraction of sp³-hybridized carbons (Fsp3) is 0.143. The maximum atomic E-state index is 13.1. The summed E-state index contributed by atoms with van der Waals surface area (Å²) in [6.45, 7) is 0. The van der Waals surface area contributed by atoms with Gasteiger partial charge in [0.1, 0.15) is 5.82 Å². The van der Waals surface area contributed by atoms with Gasteiger partial charge in [-0.2, -0.15) is 0 Å². The molecule has 2 aromatic rings. The average Bonchev–Trinajstić information content (AvgIpc) is 2.37. The van der Waals surface area contributed by atoms with E-state index in [2.05, 4.69) is 15.9 Å². The first kappa shape index (κ1) is 14.1. The van der Waals surface area contributed by atoms with Crippen molar-refractivity contribution in [3.63, 3.8) is 0 Å². The lowest BCUT2D eigenvalue weighted by atomic mass is 10.0. The SMILES string of the molecule is OC(Cc1ccc(F)c(Br)c1)c1ccc(F)c(F)c1. The highest BCUT2D eigenvalue weighted by Gasteiger charge is 2.12. The van der Waals surface area contributed by atoms with Gasteiger partial charge in [-0.25, -0.2) is 13.2 Å². The molecule has 0 radical (unpaired) electrons. The van der Waals surface area contributed by atoms with Gasteiger partial charge in [-0.15, -0.1) is 0 Å². The Bertz CT molecular complexity index is 601. The topological polar surface area (TPSA) is 20.2 Å². The van der Waals surface area contributed by atoms with Gasteiger partial charge in [-0.3, -0.25) is 0 Å². The highest BCUT2D eigenvalue weighted by atomic mass is 79.9. The molecule has 0 saturated heterocycles. The van der Waals surface area contributed by atoms with Crippen molar-refractivity contribution < 1.29 is 18.3 Å². The number of rotatable bonds is 3. The van der Waals surface area contributed by atoms with Gasteiger partial charge in [0, 0.05) is 6.42 Å². The summed E-state index contributed by atoms with van der Waals surface area (Å²) in [7, 11) is 0. The van der Waals surface area contributed by atoms with Gasteiger partial charge in [0.15, 0.2) is 11.6 Å². The summed E-state index contributed by atoms with van der Waals surface area (Å²) in [5.41, 5.74) is 0.963. The third-order valence-electron chi connectivity index (χ3n) is 2.74. The lowest BCUT2D eigenvalue weighted by Crippen LogP contribution is -2.03. The maximum Gasteiger partial charge on any atom is 0.159 e. The van der Waals surface area contributed by atoms with Crippen LogP contribution < -0.4 is 0 Å². The van der Waals surface area contributed by atoms with Crippen molar-refractivity contribution in [1.29, 1.82) is 0 Å². The van der Waals surface area contributed by atoms with Crippen molar-refractivity contribution in [2.75, 3.05) is 0 Å². The molecule has 0 bridgehead atoms. The smallest absolute Gasteiger partial charge is 0.159 e. The summed E-state index contributed by atoms with van der Waals surface area (Å²) in [6, 6.07) is 7.59. The van der Waals surface area contributed by atoms with Gasteiger partial charge >= 0.3 is 0 Å². The van der Waals surface area contributed by atoms with Crippen molar-refractivity contribution >= 4 is 15.9 Å². The lowest BCUT2D eigenvalue weighted by molar-refractivity contribution is 0.177. The average molecular weight is 331 g/mol. The Labute approximate surface area is 116 Å². The van der Waals surface area contributed by atoms with E-state index in [1.807, 2.05) is 0 Å². The molecule has 2 rings (SSSR count). The molecule has 2 aromatic carbocycles. The number of benzene rings is 2. The summed E-state index contributed by atoms with van der Waals surface area (Å²) in [5, 5.41) is 9.95. The Morgan fingerprint density at radius 2 is 1.63 bits per heavy atom. The second kappa shape index (κ2) is 5.75. The van der Waals surface area contributed by atoms with E-state index in [9.17, 15) is 18.3 Å². The Balaban J connectivity index is 2.17. The number of hydrogen-bond acceptors (Lipinski definition) is 1. The Morgan fingerprint density at radius 3 is 2.26 bits per heavy atom. The maximum absolute atomic E-state index is 13.1. The molecule has 1 nitrogen and oxygen atoms in total. The third kappa shape index (κ3) is 3.36. The molecule has 1 unspecified atom stereocenters. The molecule has 0 saturated carbocycles. The molecule has 0 fully saturated rings. The molecule has 19 heavy (non-hydrogen) atoms. The zero-order valence-corrected chi connectivity index (χ0v) is 11.3. The largest absolute Gasteiger partial charge is 0.388 e. The van der Waals surface area contributed by atoms with E-state index in [-0.39, 0.29) is 12.0 Å². The number of aliphatic hydroxyl groups excluding tert-OH is 1. The van der Waals surface area contributed by atoms with E-state index < -0.39 is 23.6 Å². The first-order chi connectivity index (χ1) is 8.97. The molecule has 0 heterocycles. The van der Waals surface area contributed by atoms with Gasteiger partial charge in [-0.1, -0.05) is 12.1 Å². The predicted molar refractivity (Wildman–Crippen MR) is 69.1 cm³/mol. The molecular weight excluding hydrogens is 321 g/mol. The van der Waals surface area contributed by atoms with E-state index in [1.165, 1.54) is 18.2 Å².